The maximum Gasteiger partial charge on any atom is 0.256 e. The molecule has 1 aromatic carbocycles. The Balaban J connectivity index is 1.60. The number of carbonyl (C=O) groups excluding carboxylic acids is 1. The second-order valence-electron chi connectivity index (χ2n) is 8.24. The third kappa shape index (κ3) is 3.69. The lowest BCUT2D eigenvalue weighted by Crippen LogP contribution is -2.15. The average molecular weight is 446 g/mol. The highest BCUT2D eigenvalue weighted by Crippen LogP contribution is 2.41. The minimum absolute atomic E-state index is 0.00502. The van der Waals surface area contributed by atoms with Gasteiger partial charge in [-0.25, -0.2) is 26.9 Å². The van der Waals surface area contributed by atoms with Crippen LogP contribution in [0.2, 0.25) is 0 Å². The summed E-state index contributed by atoms with van der Waals surface area (Å²) >= 11 is 0. The van der Waals surface area contributed by atoms with Crippen LogP contribution in [0.1, 0.15) is 53.0 Å². The highest BCUT2D eigenvalue weighted by molar-refractivity contribution is 7.91. The lowest BCUT2D eigenvalue weighted by atomic mass is 10.1. The summed E-state index contributed by atoms with van der Waals surface area (Å²) in [7, 11) is -3.13. The Bertz CT molecular complexity index is 1330. The fourth-order valence-corrected chi connectivity index (χ4v) is 5.79. The monoisotopic (exact) mass is 446 g/mol. The zero-order valence-electron chi connectivity index (χ0n) is 16.7. The van der Waals surface area contributed by atoms with Crippen LogP contribution in [0.15, 0.2) is 24.3 Å². The number of aryl methyl sites for hydroxylation is 1. The summed E-state index contributed by atoms with van der Waals surface area (Å²) in [5.74, 6) is -2.19. The lowest BCUT2D eigenvalue weighted by Gasteiger charge is -2.12. The minimum atomic E-state index is -3.13. The van der Waals surface area contributed by atoms with Crippen molar-refractivity contribution in [2.45, 2.75) is 38.1 Å². The van der Waals surface area contributed by atoms with E-state index in [1.807, 2.05) is 0 Å². The Morgan fingerprint density at radius 2 is 1.94 bits per heavy atom. The molecule has 2 aliphatic rings. The number of hydrogen-bond donors (Lipinski definition) is 1. The van der Waals surface area contributed by atoms with Crippen molar-refractivity contribution < 1.29 is 22.0 Å². The maximum atomic E-state index is 13.6. The number of nitrogens with zero attached hydrogens (tertiary/aromatic N) is 3. The first kappa shape index (κ1) is 20.0. The van der Waals surface area contributed by atoms with Crippen LogP contribution in [0.4, 0.5) is 14.5 Å². The molecule has 0 bridgehead atoms. The van der Waals surface area contributed by atoms with Gasteiger partial charge in [-0.2, -0.15) is 5.10 Å². The molecule has 0 spiro atoms. The fraction of sp³-hybridized carbons (Fsp3) is 0.381. The topological polar surface area (TPSA) is 93.9 Å². The van der Waals surface area contributed by atoms with E-state index in [0.29, 0.717) is 28.7 Å². The third-order valence-corrected chi connectivity index (χ3v) is 7.58. The van der Waals surface area contributed by atoms with Gasteiger partial charge in [0.1, 0.15) is 0 Å². The molecule has 1 N–H and O–H groups in total. The van der Waals surface area contributed by atoms with E-state index >= 15 is 0 Å². The lowest BCUT2D eigenvalue weighted by molar-refractivity contribution is 0.102. The zero-order chi connectivity index (χ0) is 21.9. The number of aromatic nitrogens is 3. The summed E-state index contributed by atoms with van der Waals surface area (Å²) in [6.07, 6.45) is 2.38. The molecule has 1 amide bonds. The summed E-state index contributed by atoms with van der Waals surface area (Å²) in [6.45, 7) is 1.75. The molecule has 1 saturated heterocycles. The van der Waals surface area contributed by atoms with Crippen molar-refractivity contribution in [1.82, 2.24) is 14.8 Å². The van der Waals surface area contributed by atoms with E-state index in [4.69, 9.17) is 4.98 Å². The smallest absolute Gasteiger partial charge is 0.256 e. The van der Waals surface area contributed by atoms with Crippen LogP contribution in [0.3, 0.4) is 0 Å². The molecule has 2 aromatic heterocycles. The van der Waals surface area contributed by atoms with Gasteiger partial charge in [-0.3, -0.25) is 4.79 Å². The summed E-state index contributed by atoms with van der Waals surface area (Å²) in [4.78, 5) is 17.9. The molecule has 7 nitrogen and oxygen atoms in total. The molecule has 5 rings (SSSR count). The van der Waals surface area contributed by atoms with E-state index in [9.17, 15) is 22.0 Å². The first-order valence-electron chi connectivity index (χ1n) is 10.1. The second kappa shape index (κ2) is 7.08. The van der Waals surface area contributed by atoms with Crippen molar-refractivity contribution in [3.63, 3.8) is 0 Å². The maximum absolute atomic E-state index is 13.6. The quantitative estimate of drug-likeness (QED) is 0.662. The predicted octanol–water partition coefficient (Wildman–Crippen LogP) is 3.51. The summed E-state index contributed by atoms with van der Waals surface area (Å²) < 4.78 is 52.4. The largest absolute Gasteiger partial charge is 0.322 e. The second-order valence-corrected chi connectivity index (χ2v) is 10.5. The molecule has 31 heavy (non-hydrogen) atoms. The molecule has 0 radical (unpaired) electrons. The molecular weight excluding hydrogens is 426 g/mol. The highest BCUT2D eigenvalue weighted by Gasteiger charge is 2.34. The Kier molecular flexibility index (Phi) is 4.58. The number of sulfone groups is 1. The molecule has 2 fully saturated rings. The predicted molar refractivity (Wildman–Crippen MR) is 111 cm³/mol. The van der Waals surface area contributed by atoms with E-state index < -0.39 is 27.4 Å². The molecule has 1 atom stereocenters. The third-order valence-electron chi connectivity index (χ3n) is 5.83. The summed E-state index contributed by atoms with van der Waals surface area (Å²) in [6, 6.07) is 4.56. The van der Waals surface area contributed by atoms with Crippen LogP contribution in [-0.4, -0.2) is 40.6 Å². The van der Waals surface area contributed by atoms with Crippen molar-refractivity contribution in [2.75, 3.05) is 16.8 Å². The van der Waals surface area contributed by atoms with E-state index in [-0.39, 0.29) is 29.2 Å². The summed E-state index contributed by atoms with van der Waals surface area (Å²) in [5.41, 5.74) is 2.27. The van der Waals surface area contributed by atoms with E-state index in [1.165, 1.54) is 6.07 Å². The highest BCUT2D eigenvalue weighted by atomic mass is 32.2. The number of carbonyl (C=O) groups is 1. The minimum Gasteiger partial charge on any atom is -0.322 e. The van der Waals surface area contributed by atoms with Gasteiger partial charge in [0.2, 0.25) is 0 Å². The molecule has 1 aliphatic heterocycles. The molecule has 162 valence electrons. The van der Waals surface area contributed by atoms with Crippen LogP contribution in [-0.2, 0) is 9.84 Å². The van der Waals surface area contributed by atoms with Gasteiger partial charge in [-0.1, -0.05) is 0 Å². The van der Waals surface area contributed by atoms with Gasteiger partial charge in [0.05, 0.1) is 34.2 Å². The van der Waals surface area contributed by atoms with Gasteiger partial charge in [0.15, 0.2) is 27.1 Å². The van der Waals surface area contributed by atoms with Crippen LogP contribution < -0.4 is 5.32 Å². The molecule has 10 heteroatoms. The number of halogens is 2. The Morgan fingerprint density at radius 1 is 1.16 bits per heavy atom. The van der Waals surface area contributed by atoms with Crippen LogP contribution in [0.5, 0.6) is 0 Å². The number of benzene rings is 1. The van der Waals surface area contributed by atoms with Crippen molar-refractivity contribution >= 4 is 32.5 Å². The molecule has 3 heterocycles. The van der Waals surface area contributed by atoms with Gasteiger partial charge in [-0.15, -0.1) is 0 Å². The number of pyridine rings is 1. The first-order chi connectivity index (χ1) is 14.7. The standard InChI is InChI=1S/C21H20F2N4O3S/c1-11-19-15(21(28)24-13-4-5-16(22)17(23)8-13)9-18(12-2-3-12)25-20(19)27(26-11)14-6-7-31(29,30)10-14/h4-5,8-9,12,14H,2-3,6-7,10H2,1H3,(H,24,28)/t14-/m1/s1. The van der Waals surface area contributed by atoms with E-state index in [2.05, 4.69) is 10.4 Å². The Morgan fingerprint density at radius 3 is 2.58 bits per heavy atom. The number of fused-ring (bicyclic) bond motifs is 1. The van der Waals surface area contributed by atoms with Gasteiger partial charge >= 0.3 is 0 Å². The van der Waals surface area contributed by atoms with Crippen molar-refractivity contribution in [3.8, 4) is 0 Å². The number of nitrogens with one attached hydrogen (secondary N) is 1. The Labute approximate surface area is 177 Å². The van der Waals surface area contributed by atoms with Crippen LogP contribution in [0.25, 0.3) is 11.0 Å². The number of amides is 1. The Hall–Kier alpha value is -2.88. The number of hydrogen-bond acceptors (Lipinski definition) is 5. The normalized spacial score (nSPS) is 20.3. The fourth-order valence-electron chi connectivity index (χ4n) is 4.09. The molecule has 0 unspecified atom stereocenters. The SMILES string of the molecule is Cc1nn([C@@H]2CCS(=O)(=O)C2)c2nc(C3CC3)cc(C(=O)Nc3ccc(F)c(F)c3)c12. The van der Waals surface area contributed by atoms with Gasteiger partial charge in [0, 0.05) is 23.4 Å². The first-order valence-corrected chi connectivity index (χ1v) is 11.9. The van der Waals surface area contributed by atoms with Gasteiger partial charge < -0.3 is 5.32 Å². The molecule has 3 aromatic rings. The molecule has 1 saturated carbocycles. The van der Waals surface area contributed by atoms with Crippen molar-refractivity contribution in [2.24, 2.45) is 0 Å². The van der Waals surface area contributed by atoms with E-state index in [0.717, 1.165) is 30.7 Å². The number of rotatable bonds is 4. The average Bonchev–Trinajstić information content (AvgIpc) is 3.43. The van der Waals surface area contributed by atoms with Gasteiger partial charge in [0.25, 0.3) is 5.91 Å². The van der Waals surface area contributed by atoms with Gasteiger partial charge in [-0.05, 0) is 44.4 Å². The van der Waals surface area contributed by atoms with Crippen LogP contribution in [0, 0.1) is 18.6 Å². The van der Waals surface area contributed by atoms with Crippen LogP contribution >= 0.6 is 0 Å². The summed E-state index contributed by atoms with van der Waals surface area (Å²) in [5, 5.41) is 7.69. The van der Waals surface area contributed by atoms with E-state index in [1.54, 1.807) is 17.7 Å². The number of anilines is 1. The zero-order valence-corrected chi connectivity index (χ0v) is 17.5. The molecule has 1 aliphatic carbocycles. The molecular formula is C21H20F2N4O3S. The van der Waals surface area contributed by atoms with Crippen molar-refractivity contribution in [1.29, 1.82) is 0 Å². The van der Waals surface area contributed by atoms with Crippen molar-refractivity contribution in [3.05, 3.63) is 52.9 Å².